The van der Waals surface area contributed by atoms with Gasteiger partial charge in [-0.25, -0.2) is 0 Å². The van der Waals surface area contributed by atoms with Crippen molar-refractivity contribution in [1.82, 2.24) is 15.1 Å². The molecule has 3 rings (SSSR count). The van der Waals surface area contributed by atoms with Gasteiger partial charge in [-0.3, -0.25) is 14.5 Å². The Morgan fingerprint density at radius 2 is 1.72 bits per heavy atom. The Kier molecular flexibility index (Phi) is 8.64. The molecule has 0 aliphatic carbocycles. The summed E-state index contributed by atoms with van der Waals surface area (Å²) in [5.74, 6) is 0.402. The van der Waals surface area contributed by atoms with Gasteiger partial charge in [0.1, 0.15) is 5.75 Å². The number of carbonyl (C=O) groups is 2. The Morgan fingerprint density at radius 3 is 2.34 bits per heavy atom. The van der Waals surface area contributed by atoms with Crippen molar-refractivity contribution in [2.75, 3.05) is 39.3 Å². The summed E-state index contributed by atoms with van der Waals surface area (Å²) in [5.41, 5.74) is 2.31. The maximum atomic E-state index is 12.5. The molecule has 0 bridgehead atoms. The third-order valence-corrected chi connectivity index (χ3v) is 5.50. The normalized spacial score (nSPS) is 13.9. The molecule has 32 heavy (non-hydrogen) atoms. The van der Waals surface area contributed by atoms with E-state index in [-0.39, 0.29) is 18.4 Å². The second-order valence-electron chi connectivity index (χ2n) is 7.87. The molecule has 2 aromatic carbocycles. The van der Waals surface area contributed by atoms with E-state index in [4.69, 9.17) is 10.00 Å². The number of unbranched alkanes of at least 4 members (excludes halogenated alkanes) is 1. The van der Waals surface area contributed by atoms with E-state index in [2.05, 4.69) is 23.2 Å². The molecule has 1 saturated heterocycles. The number of nitriles is 1. The molecule has 0 atom stereocenters. The smallest absolute Gasteiger partial charge is 0.251 e. The fourth-order valence-corrected chi connectivity index (χ4v) is 3.50. The van der Waals surface area contributed by atoms with E-state index >= 15 is 0 Å². The molecule has 2 aromatic rings. The minimum atomic E-state index is -0.266. The van der Waals surface area contributed by atoms with Crippen LogP contribution >= 0.6 is 0 Å². The van der Waals surface area contributed by atoms with Crippen LogP contribution in [0.3, 0.4) is 0 Å². The summed E-state index contributed by atoms with van der Waals surface area (Å²) in [6.07, 6.45) is 2.06. The van der Waals surface area contributed by atoms with Crippen molar-refractivity contribution in [3.63, 3.8) is 0 Å². The van der Waals surface area contributed by atoms with E-state index in [0.717, 1.165) is 43.8 Å². The monoisotopic (exact) mass is 434 g/mol. The van der Waals surface area contributed by atoms with Gasteiger partial charge in [-0.05, 0) is 48.4 Å². The van der Waals surface area contributed by atoms with Gasteiger partial charge in [0.2, 0.25) is 5.91 Å². The summed E-state index contributed by atoms with van der Waals surface area (Å²) in [7, 11) is 0. The number of hydrogen-bond acceptors (Lipinski definition) is 5. The van der Waals surface area contributed by atoms with Gasteiger partial charge in [-0.2, -0.15) is 5.26 Å². The lowest BCUT2D eigenvalue weighted by molar-refractivity contribution is -0.131. The maximum absolute atomic E-state index is 12.5. The predicted molar refractivity (Wildman–Crippen MR) is 122 cm³/mol. The highest BCUT2D eigenvalue weighted by atomic mass is 16.5. The fraction of sp³-hybridized carbons (Fsp3) is 0.400. The second-order valence-corrected chi connectivity index (χ2v) is 7.87. The summed E-state index contributed by atoms with van der Waals surface area (Å²) >= 11 is 0. The molecule has 1 N–H and O–H groups in total. The zero-order valence-electron chi connectivity index (χ0n) is 18.5. The molecule has 0 spiro atoms. The number of amides is 2. The summed E-state index contributed by atoms with van der Waals surface area (Å²) in [6.45, 7) is 6.38. The topological polar surface area (TPSA) is 85.7 Å². The van der Waals surface area contributed by atoms with Gasteiger partial charge >= 0.3 is 0 Å². The summed E-state index contributed by atoms with van der Waals surface area (Å²) in [5, 5.41) is 11.6. The van der Waals surface area contributed by atoms with Crippen LogP contribution in [0.25, 0.3) is 0 Å². The van der Waals surface area contributed by atoms with Gasteiger partial charge in [0, 0.05) is 38.3 Å². The van der Waals surface area contributed by atoms with Gasteiger partial charge in [0.15, 0.2) is 0 Å². The molecule has 2 amide bonds. The first-order chi connectivity index (χ1) is 15.6. The van der Waals surface area contributed by atoms with Crippen molar-refractivity contribution in [2.24, 2.45) is 0 Å². The van der Waals surface area contributed by atoms with E-state index in [1.165, 1.54) is 0 Å². The molecule has 168 valence electrons. The maximum Gasteiger partial charge on any atom is 0.251 e. The molecule has 0 aromatic heterocycles. The van der Waals surface area contributed by atoms with Crippen LogP contribution in [0.15, 0.2) is 48.5 Å². The molecule has 7 heteroatoms. The molecule has 1 aliphatic rings. The van der Waals surface area contributed by atoms with Crippen LogP contribution in [-0.4, -0.2) is 60.9 Å². The number of ether oxygens (including phenoxy) is 1. The molecule has 1 aliphatic heterocycles. The van der Waals surface area contributed by atoms with Crippen LogP contribution in [0.4, 0.5) is 0 Å². The molecule has 7 nitrogen and oxygen atoms in total. The van der Waals surface area contributed by atoms with Crippen molar-refractivity contribution in [2.45, 2.75) is 26.3 Å². The van der Waals surface area contributed by atoms with Gasteiger partial charge in [-0.15, -0.1) is 0 Å². The highest BCUT2D eigenvalue weighted by Gasteiger charge is 2.21. The van der Waals surface area contributed by atoms with E-state index in [0.29, 0.717) is 30.8 Å². The van der Waals surface area contributed by atoms with Crippen LogP contribution in [0.2, 0.25) is 0 Å². The minimum Gasteiger partial charge on any atom is -0.494 e. The summed E-state index contributed by atoms with van der Waals surface area (Å²) < 4.78 is 5.61. The first-order valence-electron chi connectivity index (χ1n) is 11.1. The third-order valence-electron chi connectivity index (χ3n) is 5.50. The Labute approximate surface area is 189 Å². The first-order valence-corrected chi connectivity index (χ1v) is 11.1. The highest BCUT2D eigenvalue weighted by molar-refractivity contribution is 5.96. The lowest BCUT2D eigenvalue weighted by Gasteiger charge is -2.34. The van der Waals surface area contributed by atoms with E-state index in [1.807, 2.05) is 24.3 Å². The van der Waals surface area contributed by atoms with Crippen molar-refractivity contribution in [1.29, 1.82) is 5.26 Å². The second kappa shape index (κ2) is 11.9. The van der Waals surface area contributed by atoms with Gasteiger partial charge in [0.25, 0.3) is 5.91 Å². The van der Waals surface area contributed by atoms with Crippen LogP contribution in [0, 0.1) is 11.3 Å². The molecule has 1 fully saturated rings. The number of benzene rings is 2. The van der Waals surface area contributed by atoms with Crippen molar-refractivity contribution < 1.29 is 14.3 Å². The molecular weight excluding hydrogens is 404 g/mol. The van der Waals surface area contributed by atoms with Crippen molar-refractivity contribution >= 4 is 11.8 Å². The van der Waals surface area contributed by atoms with Gasteiger partial charge < -0.3 is 15.0 Å². The van der Waals surface area contributed by atoms with E-state index in [9.17, 15) is 9.59 Å². The Bertz CT molecular complexity index is 927. The number of nitrogens with one attached hydrogen (secondary N) is 1. The number of piperazine rings is 1. The van der Waals surface area contributed by atoms with Crippen molar-refractivity contribution in [3.05, 3.63) is 65.2 Å². The van der Waals surface area contributed by atoms with E-state index in [1.54, 1.807) is 29.2 Å². The summed E-state index contributed by atoms with van der Waals surface area (Å²) in [4.78, 5) is 28.9. The first kappa shape index (κ1) is 23.3. The lowest BCUT2D eigenvalue weighted by Crippen LogP contribution is -2.50. The van der Waals surface area contributed by atoms with Crippen LogP contribution in [-0.2, 0) is 11.3 Å². The Morgan fingerprint density at radius 1 is 1.03 bits per heavy atom. The third kappa shape index (κ3) is 6.82. The number of rotatable bonds is 9. The summed E-state index contributed by atoms with van der Waals surface area (Å²) in [6, 6.07) is 16.7. The fourth-order valence-electron chi connectivity index (χ4n) is 3.50. The molecule has 0 unspecified atom stereocenters. The zero-order chi connectivity index (χ0) is 22.8. The average Bonchev–Trinajstić information content (AvgIpc) is 2.84. The predicted octanol–water partition coefficient (Wildman–Crippen LogP) is 2.81. The quantitative estimate of drug-likeness (QED) is 0.614. The highest BCUT2D eigenvalue weighted by Crippen LogP contribution is 2.13. The van der Waals surface area contributed by atoms with Crippen molar-refractivity contribution in [3.8, 4) is 11.8 Å². The van der Waals surface area contributed by atoms with Gasteiger partial charge in [0.05, 0.1) is 24.8 Å². The lowest BCUT2D eigenvalue weighted by atomic mass is 10.1. The SMILES string of the molecule is CCCCOc1ccc(C(=O)NCC(=O)N2CCN(Cc3ccc(C#N)cc3)CC2)cc1. The Hall–Kier alpha value is -3.37. The van der Waals surface area contributed by atoms with Gasteiger partial charge in [-0.1, -0.05) is 25.5 Å². The molecule has 0 saturated carbocycles. The Balaban J connectivity index is 1.39. The average molecular weight is 435 g/mol. The van der Waals surface area contributed by atoms with Crippen LogP contribution in [0.1, 0.15) is 41.3 Å². The molecule has 1 heterocycles. The van der Waals surface area contributed by atoms with Crippen LogP contribution in [0.5, 0.6) is 5.75 Å². The number of hydrogen-bond donors (Lipinski definition) is 1. The standard InChI is InChI=1S/C25H30N4O3/c1-2-3-16-32-23-10-8-22(9-11-23)25(31)27-18-24(30)29-14-12-28(13-15-29)19-21-6-4-20(17-26)5-7-21/h4-11H,2-3,12-16,18-19H2,1H3,(H,27,31). The van der Waals surface area contributed by atoms with Crippen LogP contribution < -0.4 is 10.1 Å². The largest absolute Gasteiger partial charge is 0.494 e. The van der Waals surface area contributed by atoms with E-state index < -0.39 is 0 Å². The minimum absolute atomic E-state index is 0.0107. The molecule has 0 radical (unpaired) electrons. The zero-order valence-corrected chi connectivity index (χ0v) is 18.5. The number of nitrogens with zero attached hydrogens (tertiary/aromatic N) is 3. The molecular formula is C25H30N4O3. The number of carbonyl (C=O) groups excluding carboxylic acids is 2.